The SMILES string of the molecule is Cc1cc2cc(CNc3cc(-c4cccnc4)nc(-c4ccccn4)n3)ccc2[nH]1. The number of anilines is 1. The number of benzene rings is 1. The molecule has 0 radical (unpaired) electrons. The second-order valence-corrected chi connectivity index (χ2v) is 7.15. The van der Waals surface area contributed by atoms with Crippen LogP contribution in [-0.4, -0.2) is 24.9 Å². The van der Waals surface area contributed by atoms with Gasteiger partial charge in [0.05, 0.1) is 5.69 Å². The van der Waals surface area contributed by atoms with Crippen molar-refractivity contribution in [1.82, 2.24) is 24.9 Å². The fraction of sp³-hybridized carbons (Fsp3) is 0.0833. The van der Waals surface area contributed by atoms with Crippen molar-refractivity contribution >= 4 is 16.7 Å². The molecule has 0 bridgehead atoms. The normalized spacial score (nSPS) is 11.0. The van der Waals surface area contributed by atoms with E-state index in [4.69, 9.17) is 9.97 Å². The molecule has 5 aromatic rings. The molecule has 6 nitrogen and oxygen atoms in total. The second-order valence-electron chi connectivity index (χ2n) is 7.15. The highest BCUT2D eigenvalue weighted by Crippen LogP contribution is 2.24. The Balaban J connectivity index is 1.48. The number of hydrogen-bond donors (Lipinski definition) is 2. The van der Waals surface area contributed by atoms with E-state index in [1.54, 1.807) is 18.6 Å². The predicted octanol–water partition coefficient (Wildman–Crippen LogP) is 5.00. The third-order valence-corrected chi connectivity index (χ3v) is 4.87. The summed E-state index contributed by atoms with van der Waals surface area (Å²) in [5.74, 6) is 1.33. The minimum atomic E-state index is 0.580. The average Bonchev–Trinajstić information content (AvgIpc) is 3.18. The van der Waals surface area contributed by atoms with Crippen LogP contribution in [0.3, 0.4) is 0 Å². The van der Waals surface area contributed by atoms with Gasteiger partial charge >= 0.3 is 0 Å². The molecular formula is C24H20N6. The molecule has 4 aromatic heterocycles. The van der Waals surface area contributed by atoms with Gasteiger partial charge in [0.15, 0.2) is 5.82 Å². The number of aryl methyl sites for hydroxylation is 1. The van der Waals surface area contributed by atoms with Crippen LogP contribution < -0.4 is 5.32 Å². The number of nitrogens with one attached hydrogen (secondary N) is 2. The fourth-order valence-corrected chi connectivity index (χ4v) is 3.44. The van der Waals surface area contributed by atoms with Crippen molar-refractivity contribution in [1.29, 1.82) is 0 Å². The van der Waals surface area contributed by atoms with Crippen molar-refractivity contribution in [3.8, 4) is 22.8 Å². The highest BCUT2D eigenvalue weighted by atomic mass is 15.0. The maximum absolute atomic E-state index is 4.71. The van der Waals surface area contributed by atoms with Crippen LogP contribution in [0.2, 0.25) is 0 Å². The topological polar surface area (TPSA) is 79.4 Å². The fourth-order valence-electron chi connectivity index (χ4n) is 3.44. The summed E-state index contributed by atoms with van der Waals surface area (Å²) in [7, 11) is 0. The summed E-state index contributed by atoms with van der Waals surface area (Å²) in [6.45, 7) is 2.73. The maximum atomic E-state index is 4.71. The van der Waals surface area contributed by atoms with Crippen molar-refractivity contribution in [3.63, 3.8) is 0 Å². The first-order chi connectivity index (χ1) is 14.7. The van der Waals surface area contributed by atoms with Crippen LogP contribution in [0.1, 0.15) is 11.3 Å². The van der Waals surface area contributed by atoms with Gasteiger partial charge in [0.25, 0.3) is 0 Å². The summed E-state index contributed by atoms with van der Waals surface area (Å²) >= 11 is 0. The smallest absolute Gasteiger partial charge is 0.180 e. The molecule has 5 rings (SSSR count). The number of rotatable bonds is 5. The Bertz CT molecular complexity index is 1240. The lowest BCUT2D eigenvalue weighted by Gasteiger charge is -2.10. The lowest BCUT2D eigenvalue weighted by atomic mass is 10.1. The molecule has 0 amide bonds. The standard InChI is InChI=1S/C24H20N6/c1-16-11-19-12-17(7-8-20(19)28-16)14-27-23-13-22(18-5-4-9-25-15-18)29-24(30-23)21-6-2-3-10-26-21/h2-13,15,28H,14H2,1H3,(H,27,29,30). The number of pyridine rings is 2. The van der Waals surface area contributed by atoms with E-state index in [9.17, 15) is 0 Å². The number of nitrogens with zero attached hydrogens (tertiary/aromatic N) is 4. The van der Waals surface area contributed by atoms with Gasteiger partial charge in [-0.05, 0) is 60.3 Å². The van der Waals surface area contributed by atoms with Crippen molar-refractivity contribution in [2.75, 3.05) is 5.32 Å². The molecule has 0 aliphatic carbocycles. The number of hydrogen-bond acceptors (Lipinski definition) is 5. The Kier molecular flexibility index (Phi) is 4.65. The van der Waals surface area contributed by atoms with Gasteiger partial charge in [-0.2, -0.15) is 0 Å². The summed E-state index contributed by atoms with van der Waals surface area (Å²) in [6, 6.07) is 20.1. The highest BCUT2D eigenvalue weighted by molar-refractivity contribution is 5.81. The molecule has 0 saturated carbocycles. The lowest BCUT2D eigenvalue weighted by Crippen LogP contribution is -2.04. The molecule has 0 unspecified atom stereocenters. The Morgan fingerprint density at radius 2 is 1.87 bits per heavy atom. The first kappa shape index (κ1) is 18.0. The van der Waals surface area contributed by atoms with Gasteiger partial charge in [-0.15, -0.1) is 0 Å². The van der Waals surface area contributed by atoms with Crippen LogP contribution in [0.4, 0.5) is 5.82 Å². The first-order valence-corrected chi connectivity index (χ1v) is 9.78. The minimum absolute atomic E-state index is 0.580. The van der Waals surface area contributed by atoms with Crippen LogP contribution in [0, 0.1) is 6.92 Å². The van der Waals surface area contributed by atoms with E-state index < -0.39 is 0 Å². The lowest BCUT2D eigenvalue weighted by molar-refractivity contribution is 1.08. The Morgan fingerprint density at radius 3 is 2.70 bits per heavy atom. The van der Waals surface area contributed by atoms with Gasteiger partial charge in [-0.25, -0.2) is 9.97 Å². The molecule has 0 fully saturated rings. The van der Waals surface area contributed by atoms with E-state index in [1.807, 2.05) is 36.4 Å². The number of fused-ring (bicyclic) bond motifs is 1. The van der Waals surface area contributed by atoms with Crippen LogP contribution in [0.5, 0.6) is 0 Å². The van der Waals surface area contributed by atoms with Gasteiger partial charge in [0, 0.05) is 48.0 Å². The molecule has 30 heavy (non-hydrogen) atoms. The Morgan fingerprint density at radius 1 is 0.900 bits per heavy atom. The summed E-state index contributed by atoms with van der Waals surface area (Å²) in [6.07, 6.45) is 5.30. The quantitative estimate of drug-likeness (QED) is 0.440. The zero-order chi connectivity index (χ0) is 20.3. The molecule has 4 heterocycles. The summed E-state index contributed by atoms with van der Waals surface area (Å²) < 4.78 is 0. The van der Waals surface area contributed by atoms with Crippen molar-refractivity contribution in [2.24, 2.45) is 0 Å². The summed E-state index contributed by atoms with van der Waals surface area (Å²) in [4.78, 5) is 21.4. The molecule has 0 spiro atoms. The molecule has 0 atom stereocenters. The van der Waals surface area contributed by atoms with E-state index in [0.29, 0.717) is 12.4 Å². The Hall–Kier alpha value is -4.06. The van der Waals surface area contributed by atoms with Crippen LogP contribution in [0.15, 0.2) is 79.3 Å². The minimum Gasteiger partial charge on any atom is -0.366 e. The van der Waals surface area contributed by atoms with Crippen LogP contribution >= 0.6 is 0 Å². The van der Waals surface area contributed by atoms with E-state index in [-0.39, 0.29) is 0 Å². The number of H-pyrrole nitrogens is 1. The second kappa shape index (κ2) is 7.75. The third kappa shape index (κ3) is 3.75. The molecule has 0 saturated heterocycles. The molecule has 0 aliphatic heterocycles. The highest BCUT2D eigenvalue weighted by Gasteiger charge is 2.10. The number of aromatic amines is 1. The molecule has 2 N–H and O–H groups in total. The maximum Gasteiger partial charge on any atom is 0.180 e. The van der Waals surface area contributed by atoms with E-state index in [0.717, 1.165) is 34.0 Å². The van der Waals surface area contributed by atoms with Gasteiger partial charge in [-0.3, -0.25) is 9.97 Å². The van der Waals surface area contributed by atoms with E-state index in [1.165, 1.54) is 10.9 Å². The van der Waals surface area contributed by atoms with Crippen molar-refractivity contribution in [3.05, 3.63) is 90.5 Å². The van der Waals surface area contributed by atoms with Crippen LogP contribution in [0.25, 0.3) is 33.7 Å². The largest absolute Gasteiger partial charge is 0.366 e. The van der Waals surface area contributed by atoms with Gasteiger partial charge in [0.2, 0.25) is 0 Å². The molecule has 6 heteroatoms. The first-order valence-electron chi connectivity index (χ1n) is 9.78. The van der Waals surface area contributed by atoms with E-state index >= 15 is 0 Å². The summed E-state index contributed by atoms with van der Waals surface area (Å²) in [5, 5.41) is 4.65. The predicted molar refractivity (Wildman–Crippen MR) is 119 cm³/mol. The van der Waals surface area contributed by atoms with Crippen LogP contribution in [-0.2, 0) is 6.54 Å². The Labute approximate surface area is 174 Å². The monoisotopic (exact) mass is 392 g/mol. The summed E-state index contributed by atoms with van der Waals surface area (Å²) in [5.41, 5.74) is 5.96. The third-order valence-electron chi connectivity index (χ3n) is 4.87. The van der Waals surface area contributed by atoms with Gasteiger partial charge in [-0.1, -0.05) is 12.1 Å². The zero-order valence-electron chi connectivity index (χ0n) is 16.5. The van der Waals surface area contributed by atoms with Crippen molar-refractivity contribution < 1.29 is 0 Å². The van der Waals surface area contributed by atoms with Gasteiger partial charge < -0.3 is 10.3 Å². The zero-order valence-corrected chi connectivity index (χ0v) is 16.5. The average molecular weight is 392 g/mol. The molecular weight excluding hydrogens is 372 g/mol. The molecule has 146 valence electrons. The number of aromatic nitrogens is 5. The molecule has 0 aliphatic rings. The molecule has 1 aromatic carbocycles. The van der Waals surface area contributed by atoms with E-state index in [2.05, 4.69) is 51.5 Å². The van der Waals surface area contributed by atoms with Crippen molar-refractivity contribution in [2.45, 2.75) is 13.5 Å². The van der Waals surface area contributed by atoms with Gasteiger partial charge in [0.1, 0.15) is 11.5 Å².